The number of hydrogen-bond acceptors (Lipinski definition) is 8. The van der Waals surface area contributed by atoms with Gasteiger partial charge in [-0.25, -0.2) is 0 Å². The summed E-state index contributed by atoms with van der Waals surface area (Å²) in [6.45, 7) is 0. The van der Waals surface area contributed by atoms with E-state index in [9.17, 15) is 0 Å². The summed E-state index contributed by atoms with van der Waals surface area (Å²) in [6, 6.07) is 0. The van der Waals surface area contributed by atoms with Gasteiger partial charge < -0.3 is 65.5 Å². The molecule has 0 radical (unpaired) electrons. The zero-order valence-electron chi connectivity index (χ0n) is 8.97. The van der Waals surface area contributed by atoms with E-state index in [-0.39, 0.29) is 66.3 Å². The van der Waals surface area contributed by atoms with E-state index in [1.54, 1.807) is 0 Å². The van der Waals surface area contributed by atoms with Crippen molar-refractivity contribution in [1.29, 1.82) is 0 Å². The van der Waals surface area contributed by atoms with Crippen LogP contribution in [0.3, 0.4) is 0 Å². The van der Waals surface area contributed by atoms with Crippen LogP contribution in [0.4, 0.5) is 19.2 Å². The van der Waals surface area contributed by atoms with E-state index in [1.165, 1.54) is 0 Å². The van der Waals surface area contributed by atoms with Crippen LogP contribution in [0.2, 0.25) is 0 Å². The third-order valence-electron chi connectivity index (χ3n) is 0. The summed E-state index contributed by atoms with van der Waals surface area (Å²) in [5.74, 6) is 0. The van der Waals surface area contributed by atoms with Crippen molar-refractivity contribution in [3.63, 3.8) is 0 Å². The molecule has 0 saturated heterocycles. The molecular weight excluding hydrogens is 320 g/mol. The second-order valence-electron chi connectivity index (χ2n) is 1.06. The summed E-state index contributed by atoms with van der Waals surface area (Å²) in [6.07, 6.45) is -8.33. The van der Waals surface area contributed by atoms with Crippen LogP contribution in [0.25, 0.3) is 0 Å². The van der Waals surface area contributed by atoms with E-state index in [2.05, 4.69) is 0 Å². The Morgan fingerprint density at radius 1 is 0.579 bits per heavy atom. The SMILES string of the molecule is O.O=C([O-])O.O=C([O-])O.O=C([O-])O.O=C([O-])O.[Ca+2].[Mg+2]. The van der Waals surface area contributed by atoms with Gasteiger partial charge in [-0.15, -0.1) is 0 Å². The number of hydrogen-bond donors (Lipinski definition) is 4. The number of rotatable bonds is 0. The van der Waals surface area contributed by atoms with Gasteiger partial charge in [0.2, 0.25) is 24.6 Å². The summed E-state index contributed by atoms with van der Waals surface area (Å²) in [4.78, 5) is 33.8. The van der Waals surface area contributed by atoms with Crippen LogP contribution in [0.5, 0.6) is 0 Å². The Kier molecular flexibility index (Phi) is 81.3. The van der Waals surface area contributed by atoms with Gasteiger partial charge >= 0.3 is 60.8 Å². The van der Waals surface area contributed by atoms with Gasteiger partial charge in [-0.3, -0.25) is 0 Å². The van der Waals surface area contributed by atoms with E-state index < -0.39 is 24.6 Å². The molecule has 0 aliphatic carbocycles. The predicted molar refractivity (Wildman–Crippen MR) is 47.2 cm³/mol. The molecule has 104 valence electrons. The largest absolute Gasteiger partial charge is 2.00 e. The summed E-state index contributed by atoms with van der Waals surface area (Å²) in [5.41, 5.74) is 0. The van der Waals surface area contributed by atoms with Gasteiger partial charge in [0.15, 0.2) is 0 Å². The Bertz CT molecular complexity index is 165. The smallest absolute Gasteiger partial charge is 0.565 e. The standard InChI is InChI=1S/4CH2O3.Ca.Mg.H2O/c4*2-1(3)4;;;/h4*(H2,2,3,4);;;1H2/q;;;;2*+2;/p-4. The average Bonchev–Trinajstić information content (AvgIpc) is 1.76. The molecule has 0 aromatic heterocycles. The minimum atomic E-state index is -2.08. The Hall–Kier alpha value is -0.934. The van der Waals surface area contributed by atoms with Crippen LogP contribution in [0, 0.1) is 0 Å². The van der Waals surface area contributed by atoms with Crippen molar-refractivity contribution in [2.24, 2.45) is 0 Å². The van der Waals surface area contributed by atoms with E-state index >= 15 is 0 Å². The molecule has 0 atom stereocenters. The van der Waals surface area contributed by atoms with Crippen molar-refractivity contribution in [2.45, 2.75) is 0 Å². The molecule has 0 saturated carbocycles. The molecule has 0 rings (SSSR count). The van der Waals surface area contributed by atoms with Crippen LogP contribution < -0.4 is 20.4 Å². The minimum absolute atomic E-state index is 0. The molecule has 0 amide bonds. The maximum Gasteiger partial charge on any atom is 2.00 e. The monoisotopic (exact) mass is 326 g/mol. The fourth-order valence-corrected chi connectivity index (χ4v) is 0. The molecule has 0 aliphatic heterocycles. The van der Waals surface area contributed by atoms with Gasteiger partial charge in [0.05, 0.1) is 0 Å². The van der Waals surface area contributed by atoms with Crippen LogP contribution in [0.15, 0.2) is 0 Å². The predicted octanol–water partition coefficient (Wildman–Crippen LogP) is -6.04. The maximum absolute atomic E-state index is 8.44. The van der Waals surface area contributed by atoms with Crippen molar-refractivity contribution in [3.05, 3.63) is 0 Å². The molecule has 19 heavy (non-hydrogen) atoms. The van der Waals surface area contributed by atoms with E-state index in [1.807, 2.05) is 0 Å². The topological polar surface area (TPSA) is 273 Å². The fourth-order valence-electron chi connectivity index (χ4n) is 0. The first-order valence-electron chi connectivity index (χ1n) is 2.53. The van der Waals surface area contributed by atoms with Gasteiger partial charge in [0.1, 0.15) is 0 Å². The van der Waals surface area contributed by atoms with E-state index in [4.69, 9.17) is 60.0 Å². The van der Waals surface area contributed by atoms with Crippen molar-refractivity contribution < 1.29 is 65.5 Å². The summed E-state index contributed by atoms with van der Waals surface area (Å²) >= 11 is 0. The second-order valence-corrected chi connectivity index (χ2v) is 1.06. The summed E-state index contributed by atoms with van der Waals surface area (Å²) in [7, 11) is 0. The molecule has 6 N–H and O–H groups in total. The molecule has 13 nitrogen and oxygen atoms in total. The van der Waals surface area contributed by atoms with Crippen molar-refractivity contribution in [1.82, 2.24) is 0 Å². The molecule has 0 bridgehead atoms. The third-order valence-corrected chi connectivity index (χ3v) is 0. The fraction of sp³-hybridized carbons (Fsp3) is 0. The van der Waals surface area contributed by atoms with Gasteiger partial charge in [-0.05, 0) is 0 Å². The molecule has 0 spiro atoms. The molecule has 0 fully saturated rings. The molecule has 0 aliphatic rings. The van der Waals surface area contributed by atoms with Crippen LogP contribution in [-0.2, 0) is 0 Å². The van der Waals surface area contributed by atoms with Crippen molar-refractivity contribution in [3.8, 4) is 0 Å². The summed E-state index contributed by atoms with van der Waals surface area (Å²) < 4.78 is 0. The van der Waals surface area contributed by atoms with Crippen molar-refractivity contribution >= 4 is 85.4 Å². The van der Waals surface area contributed by atoms with Gasteiger partial charge in [-0.1, -0.05) is 0 Å². The summed E-state index contributed by atoms with van der Waals surface area (Å²) in [5, 5.41) is 61.2. The number of carbonyl (C=O) groups is 4. The molecule has 15 heteroatoms. The normalized spacial score (nSPS) is 5.05. The average molecular weight is 326 g/mol. The zero-order chi connectivity index (χ0) is 14.3. The first-order chi connectivity index (χ1) is 6.93. The van der Waals surface area contributed by atoms with E-state index in [0.29, 0.717) is 0 Å². The molecular formula is C4H6CaMgO13. The second kappa shape index (κ2) is 36.0. The van der Waals surface area contributed by atoms with Crippen molar-refractivity contribution in [2.75, 3.05) is 0 Å². The Balaban J connectivity index is -0.0000000192. The maximum atomic E-state index is 8.44. The van der Waals surface area contributed by atoms with Crippen LogP contribution >= 0.6 is 0 Å². The number of carboxylic acid groups (broad SMARTS) is 8. The first-order valence-corrected chi connectivity index (χ1v) is 2.53. The van der Waals surface area contributed by atoms with Crippen LogP contribution in [0.1, 0.15) is 0 Å². The Morgan fingerprint density at radius 2 is 0.579 bits per heavy atom. The molecule has 0 aromatic carbocycles. The molecule has 0 unspecified atom stereocenters. The molecule has 0 heterocycles. The third kappa shape index (κ3) is 4440. The van der Waals surface area contributed by atoms with Crippen LogP contribution in [-0.4, -0.2) is 111 Å². The van der Waals surface area contributed by atoms with Gasteiger partial charge in [0, 0.05) is 0 Å². The van der Waals surface area contributed by atoms with Gasteiger partial charge in [0.25, 0.3) is 0 Å². The van der Waals surface area contributed by atoms with Gasteiger partial charge in [-0.2, -0.15) is 0 Å². The first kappa shape index (κ1) is 43.0. The van der Waals surface area contributed by atoms with E-state index in [0.717, 1.165) is 0 Å². The molecule has 0 aromatic rings. The quantitative estimate of drug-likeness (QED) is 0.302. The Labute approximate surface area is 150 Å². The zero-order valence-corrected chi connectivity index (χ0v) is 12.6. The minimum Gasteiger partial charge on any atom is -0.565 e. The Morgan fingerprint density at radius 3 is 0.579 bits per heavy atom.